The Morgan fingerprint density at radius 3 is 2.55 bits per heavy atom. The van der Waals surface area contributed by atoms with E-state index < -0.39 is 0 Å². The van der Waals surface area contributed by atoms with Gasteiger partial charge in [0.15, 0.2) is 12.3 Å². The second kappa shape index (κ2) is 8.68. The second-order valence-electron chi connectivity index (χ2n) is 7.26. The molecule has 152 valence electrons. The first-order chi connectivity index (χ1) is 14.1. The summed E-state index contributed by atoms with van der Waals surface area (Å²) in [6, 6.07) is 11.5. The molecule has 4 rings (SSSR count). The summed E-state index contributed by atoms with van der Waals surface area (Å²) in [4.78, 5) is 2.18. The number of ether oxygens (including phenoxy) is 1. The van der Waals surface area contributed by atoms with Crippen LogP contribution in [0.15, 0.2) is 46.7 Å². The van der Waals surface area contributed by atoms with Crippen molar-refractivity contribution < 1.29 is 13.7 Å². The van der Waals surface area contributed by atoms with E-state index in [0.717, 1.165) is 73.1 Å². The highest BCUT2D eigenvalue weighted by Gasteiger charge is 2.29. The molecular formula is C23H25Cl2N2O2+. The zero-order valence-corrected chi connectivity index (χ0v) is 18.3. The first-order valence-electron chi connectivity index (χ1n) is 10.2. The van der Waals surface area contributed by atoms with Gasteiger partial charge in [-0.1, -0.05) is 49.9 Å². The summed E-state index contributed by atoms with van der Waals surface area (Å²) in [5, 5.41) is 1.40. The fourth-order valence-corrected chi connectivity index (χ4v) is 3.90. The molecule has 0 atom stereocenters. The lowest BCUT2D eigenvalue weighted by molar-refractivity contribution is -0.678. The van der Waals surface area contributed by atoms with Gasteiger partial charge in [0.1, 0.15) is 6.08 Å². The molecule has 2 heterocycles. The number of nitrogens with zero attached hydrogens (tertiary/aromatic N) is 2. The van der Waals surface area contributed by atoms with Crippen molar-refractivity contribution in [3.63, 3.8) is 0 Å². The highest BCUT2D eigenvalue weighted by atomic mass is 35.5. The lowest BCUT2D eigenvalue weighted by atomic mass is 10.2. The normalized spacial score (nSPS) is 14.6. The highest BCUT2D eigenvalue weighted by Crippen LogP contribution is 2.41. The molecule has 0 unspecified atom stereocenters. The predicted molar refractivity (Wildman–Crippen MR) is 119 cm³/mol. The van der Waals surface area contributed by atoms with Crippen LogP contribution in [0.4, 0.5) is 5.69 Å². The topological polar surface area (TPSA) is 29.5 Å². The summed E-state index contributed by atoms with van der Waals surface area (Å²) >= 11 is 12.5. The number of unbranched alkanes of at least 4 members (excludes halogenated alkanes) is 2. The van der Waals surface area contributed by atoms with Crippen molar-refractivity contribution in [3.8, 4) is 5.75 Å². The number of hydrogen-bond acceptors (Lipinski definition) is 3. The van der Waals surface area contributed by atoms with Crippen molar-refractivity contribution in [1.29, 1.82) is 0 Å². The van der Waals surface area contributed by atoms with E-state index in [9.17, 15) is 0 Å². The summed E-state index contributed by atoms with van der Waals surface area (Å²) in [5.41, 5.74) is 2.81. The van der Waals surface area contributed by atoms with E-state index in [4.69, 9.17) is 32.4 Å². The van der Waals surface area contributed by atoms with E-state index in [0.29, 0.717) is 10.0 Å². The van der Waals surface area contributed by atoms with E-state index in [1.807, 2.05) is 42.5 Å². The number of hydrogen-bond donors (Lipinski definition) is 0. The summed E-state index contributed by atoms with van der Waals surface area (Å²) in [6.07, 6.45) is 6.28. The van der Waals surface area contributed by atoms with Gasteiger partial charge in [-0.05, 0) is 36.8 Å². The largest absolute Gasteiger partial charge is 0.438 e. The average molecular weight is 432 g/mol. The van der Waals surface area contributed by atoms with Gasteiger partial charge in [-0.3, -0.25) is 0 Å². The Labute approximate surface area is 181 Å². The standard InChI is InChI=1S/C23H25Cl2N2O2/c1-3-5-11-26-18-13-16(24)7-9-20(18)28-22(26)15-23-27(12-6-4-2)19-14-17(25)8-10-21(19)29-23/h7-10,13-15H,3-6,11-12H2,1-2H3/q+1. The molecule has 29 heavy (non-hydrogen) atoms. The van der Waals surface area contributed by atoms with Gasteiger partial charge < -0.3 is 14.1 Å². The summed E-state index contributed by atoms with van der Waals surface area (Å²) in [6.45, 7) is 6.08. The fraction of sp³-hybridized carbons (Fsp3) is 0.348. The van der Waals surface area contributed by atoms with Gasteiger partial charge in [-0.25, -0.2) is 0 Å². The Bertz CT molecular complexity index is 1060. The average Bonchev–Trinajstić information content (AvgIpc) is 3.21. The minimum atomic E-state index is 0.700. The molecule has 1 aliphatic rings. The lowest BCUT2D eigenvalue weighted by Crippen LogP contribution is -2.35. The first kappa shape index (κ1) is 20.1. The van der Waals surface area contributed by atoms with Crippen LogP contribution >= 0.6 is 23.2 Å². The SMILES string of the molecule is CCCCN1/C(=C\c2oc3ccc(Cl)cc3[n+]2CCCC)Oc2ccc(Cl)cc21. The summed E-state index contributed by atoms with van der Waals surface area (Å²) < 4.78 is 14.5. The third kappa shape index (κ3) is 4.10. The smallest absolute Gasteiger partial charge is 0.379 e. The van der Waals surface area contributed by atoms with Crippen molar-refractivity contribution in [2.75, 3.05) is 11.4 Å². The Balaban J connectivity index is 1.78. The van der Waals surface area contributed by atoms with E-state index in [2.05, 4.69) is 23.3 Å². The van der Waals surface area contributed by atoms with E-state index in [1.165, 1.54) is 0 Å². The predicted octanol–water partition coefficient (Wildman–Crippen LogP) is 6.82. The van der Waals surface area contributed by atoms with Crippen LogP contribution in [0.5, 0.6) is 5.75 Å². The zero-order chi connectivity index (χ0) is 20.4. The maximum atomic E-state index is 6.24. The van der Waals surface area contributed by atoms with E-state index in [-0.39, 0.29) is 0 Å². The van der Waals surface area contributed by atoms with Crippen molar-refractivity contribution in [2.45, 2.75) is 46.1 Å². The fourth-order valence-electron chi connectivity index (χ4n) is 3.56. The number of benzene rings is 2. The van der Waals surface area contributed by atoms with Crippen molar-refractivity contribution in [2.24, 2.45) is 0 Å². The summed E-state index contributed by atoms with van der Waals surface area (Å²) in [5.74, 6) is 2.33. The Kier molecular flexibility index (Phi) is 6.02. The van der Waals surface area contributed by atoms with Crippen LogP contribution in [0.25, 0.3) is 17.2 Å². The first-order valence-corrected chi connectivity index (χ1v) is 10.9. The molecule has 4 nitrogen and oxygen atoms in total. The second-order valence-corrected chi connectivity index (χ2v) is 8.13. The third-order valence-corrected chi connectivity index (χ3v) is 5.57. The van der Waals surface area contributed by atoms with Crippen molar-refractivity contribution in [3.05, 3.63) is 58.2 Å². The molecule has 3 aromatic rings. The molecule has 0 fully saturated rings. The van der Waals surface area contributed by atoms with Crippen LogP contribution in [0.1, 0.15) is 45.4 Å². The number of fused-ring (bicyclic) bond motifs is 2. The maximum absolute atomic E-state index is 6.24. The molecule has 0 saturated carbocycles. The van der Waals surface area contributed by atoms with Crippen molar-refractivity contribution in [1.82, 2.24) is 0 Å². The molecule has 0 N–H and O–H groups in total. The molecule has 6 heteroatoms. The molecule has 2 aromatic carbocycles. The van der Waals surface area contributed by atoms with Gasteiger partial charge in [-0.2, -0.15) is 4.57 Å². The van der Waals surface area contributed by atoms with Gasteiger partial charge in [0.25, 0.3) is 5.52 Å². The molecule has 1 aromatic heterocycles. The third-order valence-electron chi connectivity index (χ3n) is 5.10. The summed E-state index contributed by atoms with van der Waals surface area (Å²) in [7, 11) is 0. The monoisotopic (exact) mass is 431 g/mol. The number of oxazole rings is 1. The van der Waals surface area contributed by atoms with Gasteiger partial charge in [-0.15, -0.1) is 0 Å². The van der Waals surface area contributed by atoms with E-state index in [1.54, 1.807) is 0 Å². The highest BCUT2D eigenvalue weighted by molar-refractivity contribution is 6.31. The Morgan fingerprint density at radius 2 is 1.76 bits per heavy atom. The molecule has 0 spiro atoms. The molecule has 0 bridgehead atoms. The van der Waals surface area contributed by atoms with Gasteiger partial charge in [0, 0.05) is 29.1 Å². The quantitative estimate of drug-likeness (QED) is 0.384. The van der Waals surface area contributed by atoms with Gasteiger partial charge in [0.2, 0.25) is 11.5 Å². The van der Waals surface area contributed by atoms with Crippen LogP contribution in [0.2, 0.25) is 10.0 Å². The molecule has 1 aliphatic heterocycles. The number of aromatic nitrogens is 1. The van der Waals surface area contributed by atoms with Crippen LogP contribution < -0.4 is 14.2 Å². The van der Waals surface area contributed by atoms with Gasteiger partial charge >= 0.3 is 5.89 Å². The zero-order valence-electron chi connectivity index (χ0n) is 16.8. The van der Waals surface area contributed by atoms with Crippen molar-refractivity contribution >= 4 is 46.1 Å². The molecule has 0 saturated heterocycles. The van der Waals surface area contributed by atoms with Crippen LogP contribution in [-0.4, -0.2) is 6.54 Å². The minimum Gasteiger partial charge on any atom is -0.438 e. The van der Waals surface area contributed by atoms with Crippen LogP contribution in [0, 0.1) is 0 Å². The number of anilines is 1. The van der Waals surface area contributed by atoms with Crippen LogP contribution in [-0.2, 0) is 6.54 Å². The maximum Gasteiger partial charge on any atom is 0.379 e. The Hall–Kier alpha value is -2.17. The lowest BCUT2D eigenvalue weighted by Gasteiger charge is -2.17. The van der Waals surface area contributed by atoms with Crippen LogP contribution in [0.3, 0.4) is 0 Å². The Morgan fingerprint density at radius 1 is 1.00 bits per heavy atom. The minimum absolute atomic E-state index is 0.700. The van der Waals surface area contributed by atoms with E-state index >= 15 is 0 Å². The number of aryl methyl sites for hydroxylation is 1. The number of rotatable bonds is 7. The molecule has 0 aliphatic carbocycles. The molecular weight excluding hydrogens is 407 g/mol. The molecule has 0 amide bonds. The number of halogens is 2. The van der Waals surface area contributed by atoms with Gasteiger partial charge in [0.05, 0.1) is 5.69 Å². The molecule has 0 radical (unpaired) electrons.